The molecule has 1 N–H and O–H groups in total. The number of benzene rings is 1. The molecule has 0 saturated heterocycles. The van der Waals surface area contributed by atoms with Crippen molar-refractivity contribution in [3.05, 3.63) is 27.7 Å². The number of hydrogen-bond donors (Lipinski definition) is 1. The maximum Gasteiger partial charge on any atom is 0.142 e. The molecule has 0 spiro atoms. The fourth-order valence-corrected chi connectivity index (χ4v) is 2.72. The molecule has 1 aliphatic carbocycles. The van der Waals surface area contributed by atoms with Gasteiger partial charge in [0.2, 0.25) is 0 Å². The van der Waals surface area contributed by atoms with Crippen LogP contribution in [0.3, 0.4) is 0 Å². The Morgan fingerprint density at radius 1 is 1.25 bits per heavy atom. The Kier molecular flexibility index (Phi) is 5.22. The van der Waals surface area contributed by atoms with E-state index in [1.807, 2.05) is 6.07 Å². The van der Waals surface area contributed by atoms with Gasteiger partial charge in [0.05, 0.1) is 11.6 Å². The largest absolute Gasteiger partial charge is 0.491 e. The summed E-state index contributed by atoms with van der Waals surface area (Å²) in [6, 6.07) is 3.68. The van der Waals surface area contributed by atoms with Gasteiger partial charge in [-0.3, -0.25) is 0 Å². The first-order valence-corrected chi connectivity index (χ1v) is 7.96. The van der Waals surface area contributed by atoms with E-state index in [4.69, 9.17) is 27.9 Å². The minimum absolute atomic E-state index is 0.0417. The predicted molar refractivity (Wildman–Crippen MR) is 85.9 cm³/mol. The van der Waals surface area contributed by atoms with E-state index in [1.54, 1.807) is 6.07 Å². The summed E-state index contributed by atoms with van der Waals surface area (Å²) in [6.07, 6.45) is 3.85. The molecule has 0 aromatic heterocycles. The molecule has 0 heterocycles. The second-order valence-corrected chi connectivity index (χ2v) is 7.43. The molecule has 0 amide bonds. The van der Waals surface area contributed by atoms with Gasteiger partial charge in [0.1, 0.15) is 5.75 Å². The lowest BCUT2D eigenvalue weighted by molar-refractivity contribution is 0.179. The third kappa shape index (κ3) is 4.54. The second kappa shape index (κ2) is 6.55. The van der Waals surface area contributed by atoms with E-state index in [2.05, 4.69) is 26.1 Å². The number of nitrogens with one attached hydrogen (secondary N) is 1. The van der Waals surface area contributed by atoms with Gasteiger partial charge in [-0.1, -0.05) is 29.6 Å². The van der Waals surface area contributed by atoms with Crippen LogP contribution in [-0.2, 0) is 6.54 Å². The van der Waals surface area contributed by atoms with Crippen molar-refractivity contribution in [2.75, 3.05) is 6.61 Å². The molecule has 1 aliphatic rings. The zero-order chi connectivity index (χ0) is 14.8. The van der Waals surface area contributed by atoms with Crippen molar-refractivity contribution in [3.63, 3.8) is 0 Å². The average molecular weight is 316 g/mol. The quantitative estimate of drug-likeness (QED) is 0.820. The maximum atomic E-state index is 6.29. The standard InChI is InChI=1S/C16H23Cl2NO/c1-16(2,3)19-9-12-7-13(17)8-14(18)15(12)20-10-11-5-4-6-11/h7-8,11,19H,4-6,9-10H2,1-3H3. The molecular weight excluding hydrogens is 293 g/mol. The van der Waals surface area contributed by atoms with Crippen molar-refractivity contribution in [1.29, 1.82) is 0 Å². The highest BCUT2D eigenvalue weighted by atomic mass is 35.5. The highest BCUT2D eigenvalue weighted by Gasteiger charge is 2.20. The number of halogens is 2. The maximum absolute atomic E-state index is 6.29. The summed E-state index contributed by atoms with van der Waals surface area (Å²) in [5.41, 5.74) is 1.07. The van der Waals surface area contributed by atoms with Gasteiger partial charge >= 0.3 is 0 Å². The summed E-state index contributed by atoms with van der Waals surface area (Å²) in [6.45, 7) is 7.85. The van der Waals surface area contributed by atoms with E-state index in [0.29, 0.717) is 22.5 Å². The minimum atomic E-state index is 0.0417. The molecular formula is C16H23Cl2NO. The molecule has 112 valence electrons. The Hall–Kier alpha value is -0.440. The molecule has 0 unspecified atom stereocenters. The molecule has 1 saturated carbocycles. The Morgan fingerprint density at radius 2 is 1.95 bits per heavy atom. The number of ether oxygens (including phenoxy) is 1. The van der Waals surface area contributed by atoms with Gasteiger partial charge in [0.25, 0.3) is 0 Å². The molecule has 1 aromatic carbocycles. The molecule has 0 aliphatic heterocycles. The topological polar surface area (TPSA) is 21.3 Å². The van der Waals surface area contributed by atoms with Gasteiger partial charge in [-0.25, -0.2) is 0 Å². The Balaban J connectivity index is 2.09. The smallest absolute Gasteiger partial charge is 0.142 e. The molecule has 1 aromatic rings. The van der Waals surface area contributed by atoms with E-state index < -0.39 is 0 Å². The second-order valence-electron chi connectivity index (χ2n) is 6.59. The van der Waals surface area contributed by atoms with Crippen molar-refractivity contribution in [3.8, 4) is 5.75 Å². The lowest BCUT2D eigenvalue weighted by Crippen LogP contribution is -2.35. The summed E-state index contributed by atoms with van der Waals surface area (Å²) in [5, 5.41) is 4.70. The molecule has 0 atom stereocenters. The van der Waals surface area contributed by atoms with Gasteiger partial charge in [0.15, 0.2) is 0 Å². The summed E-state index contributed by atoms with van der Waals surface area (Å²) in [7, 11) is 0. The van der Waals surface area contributed by atoms with Gasteiger partial charge in [-0.2, -0.15) is 0 Å². The van der Waals surface area contributed by atoms with E-state index in [-0.39, 0.29) is 5.54 Å². The Labute approximate surface area is 131 Å². The van der Waals surface area contributed by atoms with Crippen molar-refractivity contribution < 1.29 is 4.74 Å². The lowest BCUT2D eigenvalue weighted by atomic mass is 9.86. The average Bonchev–Trinajstić information content (AvgIpc) is 2.25. The lowest BCUT2D eigenvalue weighted by Gasteiger charge is -2.27. The molecule has 20 heavy (non-hydrogen) atoms. The van der Waals surface area contributed by atoms with Crippen LogP contribution in [0.25, 0.3) is 0 Å². The Morgan fingerprint density at radius 3 is 2.50 bits per heavy atom. The molecule has 2 nitrogen and oxygen atoms in total. The first-order valence-electron chi connectivity index (χ1n) is 7.21. The van der Waals surface area contributed by atoms with Gasteiger partial charge in [-0.05, 0) is 51.7 Å². The highest BCUT2D eigenvalue weighted by Crippen LogP contribution is 2.34. The van der Waals surface area contributed by atoms with Crippen LogP contribution < -0.4 is 10.1 Å². The number of rotatable bonds is 5. The summed E-state index contributed by atoms with van der Waals surface area (Å²) in [4.78, 5) is 0. The van der Waals surface area contributed by atoms with Crippen LogP contribution in [0.15, 0.2) is 12.1 Å². The van der Waals surface area contributed by atoms with Gasteiger partial charge in [-0.15, -0.1) is 0 Å². The van der Waals surface area contributed by atoms with Crippen LogP contribution in [0.5, 0.6) is 5.75 Å². The van der Waals surface area contributed by atoms with Crippen molar-refractivity contribution in [2.24, 2.45) is 5.92 Å². The van der Waals surface area contributed by atoms with Gasteiger partial charge in [0, 0.05) is 22.7 Å². The first kappa shape index (κ1) is 15.9. The molecule has 1 fully saturated rings. The number of hydrogen-bond acceptors (Lipinski definition) is 2. The highest BCUT2D eigenvalue weighted by molar-refractivity contribution is 6.35. The minimum Gasteiger partial charge on any atom is -0.491 e. The first-order chi connectivity index (χ1) is 9.35. The normalized spacial score (nSPS) is 16.1. The molecule has 0 bridgehead atoms. The van der Waals surface area contributed by atoms with Crippen LogP contribution >= 0.6 is 23.2 Å². The zero-order valence-electron chi connectivity index (χ0n) is 12.4. The third-order valence-corrected chi connectivity index (χ3v) is 4.08. The van der Waals surface area contributed by atoms with Crippen LogP contribution in [0.4, 0.5) is 0 Å². The summed E-state index contributed by atoms with van der Waals surface area (Å²) >= 11 is 12.4. The molecule has 4 heteroatoms. The van der Waals surface area contributed by atoms with Crippen LogP contribution in [0, 0.1) is 5.92 Å². The van der Waals surface area contributed by atoms with Crippen LogP contribution in [0.1, 0.15) is 45.6 Å². The van der Waals surface area contributed by atoms with Crippen molar-refractivity contribution >= 4 is 23.2 Å². The van der Waals surface area contributed by atoms with E-state index in [0.717, 1.165) is 17.9 Å². The third-order valence-electron chi connectivity index (χ3n) is 3.58. The Bertz CT molecular complexity index is 464. The fraction of sp³-hybridized carbons (Fsp3) is 0.625. The van der Waals surface area contributed by atoms with E-state index in [9.17, 15) is 0 Å². The molecule has 0 radical (unpaired) electrons. The fourth-order valence-electron chi connectivity index (χ4n) is 2.13. The monoisotopic (exact) mass is 315 g/mol. The predicted octanol–water partition coefficient (Wildman–Crippen LogP) is 5.06. The van der Waals surface area contributed by atoms with Gasteiger partial charge < -0.3 is 10.1 Å². The van der Waals surface area contributed by atoms with Crippen LogP contribution in [-0.4, -0.2) is 12.1 Å². The molecule has 2 rings (SSSR count). The van der Waals surface area contributed by atoms with Crippen LogP contribution in [0.2, 0.25) is 10.0 Å². The summed E-state index contributed by atoms with van der Waals surface area (Å²) < 4.78 is 5.96. The van der Waals surface area contributed by atoms with E-state index in [1.165, 1.54) is 19.3 Å². The zero-order valence-corrected chi connectivity index (χ0v) is 13.9. The van der Waals surface area contributed by atoms with E-state index >= 15 is 0 Å². The van der Waals surface area contributed by atoms with Crippen molar-refractivity contribution in [2.45, 2.75) is 52.1 Å². The van der Waals surface area contributed by atoms with Crippen molar-refractivity contribution in [1.82, 2.24) is 5.32 Å². The summed E-state index contributed by atoms with van der Waals surface area (Å²) in [5.74, 6) is 1.46. The SMILES string of the molecule is CC(C)(C)NCc1cc(Cl)cc(Cl)c1OCC1CCC1.